The minimum absolute atomic E-state index is 0.156. The maximum absolute atomic E-state index is 12.0. The summed E-state index contributed by atoms with van der Waals surface area (Å²) in [6, 6.07) is 1.64. The van der Waals surface area contributed by atoms with Crippen LogP contribution in [0.2, 0.25) is 0 Å². The third kappa shape index (κ3) is 5.51. The van der Waals surface area contributed by atoms with Crippen molar-refractivity contribution in [3.63, 3.8) is 0 Å². The van der Waals surface area contributed by atoms with Crippen LogP contribution in [-0.4, -0.2) is 36.7 Å². The zero-order valence-electron chi connectivity index (χ0n) is 11.3. The molecular formula is C14H19N3O2. The van der Waals surface area contributed by atoms with Gasteiger partial charge in [0, 0.05) is 18.9 Å². The lowest BCUT2D eigenvalue weighted by Gasteiger charge is -2.09. The Morgan fingerprint density at radius 2 is 2.37 bits per heavy atom. The first-order valence-corrected chi connectivity index (χ1v) is 6.18. The van der Waals surface area contributed by atoms with Crippen molar-refractivity contribution in [2.75, 3.05) is 19.7 Å². The predicted octanol–water partition coefficient (Wildman–Crippen LogP) is 0.547. The topological polar surface area (TPSA) is 77.2 Å². The molecule has 1 aromatic rings. The molecule has 1 amide bonds. The second-order valence-electron chi connectivity index (χ2n) is 4.10. The lowest BCUT2D eigenvalue weighted by Crippen LogP contribution is -2.28. The van der Waals surface area contributed by atoms with E-state index < -0.39 is 0 Å². The van der Waals surface area contributed by atoms with Gasteiger partial charge < -0.3 is 15.8 Å². The van der Waals surface area contributed by atoms with Gasteiger partial charge in [0.1, 0.15) is 0 Å². The maximum Gasteiger partial charge on any atom is 0.252 e. The predicted molar refractivity (Wildman–Crippen MR) is 73.6 cm³/mol. The number of aromatic nitrogens is 1. The average Bonchev–Trinajstić information content (AvgIpc) is 2.41. The van der Waals surface area contributed by atoms with E-state index in [0.717, 1.165) is 0 Å². The van der Waals surface area contributed by atoms with Gasteiger partial charge in [-0.1, -0.05) is 11.8 Å². The number of carbonyl (C=O) groups excluding carboxylic acids is 1. The molecule has 0 saturated heterocycles. The summed E-state index contributed by atoms with van der Waals surface area (Å²) in [6.45, 7) is 5.09. The molecule has 0 radical (unpaired) electrons. The quantitative estimate of drug-likeness (QED) is 0.599. The normalized spacial score (nSPS) is 9.89. The number of nitrogens with zero attached hydrogens (tertiary/aromatic N) is 1. The first-order chi connectivity index (χ1) is 9.15. The first kappa shape index (κ1) is 15.2. The molecule has 0 unspecified atom stereocenters. The molecule has 5 heteroatoms. The van der Waals surface area contributed by atoms with Gasteiger partial charge in [-0.3, -0.25) is 9.78 Å². The van der Waals surface area contributed by atoms with Gasteiger partial charge in [0.25, 0.3) is 5.91 Å². The van der Waals surface area contributed by atoms with Crippen LogP contribution in [0.15, 0.2) is 18.5 Å². The monoisotopic (exact) mass is 261 g/mol. The fourth-order valence-corrected chi connectivity index (χ4v) is 1.39. The number of nitrogens with two attached hydrogens (primary N) is 1. The maximum atomic E-state index is 12.0. The smallest absolute Gasteiger partial charge is 0.252 e. The van der Waals surface area contributed by atoms with E-state index in [1.54, 1.807) is 18.5 Å². The Bertz CT molecular complexity index is 475. The van der Waals surface area contributed by atoms with E-state index in [-0.39, 0.29) is 18.6 Å². The summed E-state index contributed by atoms with van der Waals surface area (Å²) in [5.74, 6) is 5.36. The highest BCUT2D eigenvalue weighted by atomic mass is 16.5. The van der Waals surface area contributed by atoms with Crippen LogP contribution >= 0.6 is 0 Å². The minimum Gasteiger partial charge on any atom is -0.377 e. The van der Waals surface area contributed by atoms with Crippen LogP contribution in [0.1, 0.15) is 29.8 Å². The molecule has 0 aromatic carbocycles. The van der Waals surface area contributed by atoms with Crippen LogP contribution in [0.4, 0.5) is 0 Å². The Morgan fingerprint density at radius 3 is 3.05 bits per heavy atom. The van der Waals surface area contributed by atoms with Crippen LogP contribution < -0.4 is 11.1 Å². The number of amides is 1. The highest BCUT2D eigenvalue weighted by molar-refractivity contribution is 5.96. The van der Waals surface area contributed by atoms with Crippen molar-refractivity contribution in [1.29, 1.82) is 0 Å². The van der Waals surface area contributed by atoms with E-state index in [1.807, 2.05) is 13.8 Å². The number of hydrogen-bond acceptors (Lipinski definition) is 4. The molecule has 0 aliphatic rings. The van der Waals surface area contributed by atoms with Gasteiger partial charge >= 0.3 is 0 Å². The Hall–Kier alpha value is -1.90. The SMILES string of the molecule is CC(C)OCCNC(=O)c1ccncc1C#CCN. The first-order valence-electron chi connectivity index (χ1n) is 6.18. The molecule has 1 rings (SSSR count). The van der Waals surface area contributed by atoms with Gasteiger partial charge in [-0.2, -0.15) is 0 Å². The average molecular weight is 261 g/mol. The summed E-state index contributed by atoms with van der Waals surface area (Å²) in [5.41, 5.74) is 6.40. The zero-order chi connectivity index (χ0) is 14.1. The molecule has 0 atom stereocenters. The van der Waals surface area contributed by atoms with E-state index >= 15 is 0 Å². The van der Waals surface area contributed by atoms with E-state index in [2.05, 4.69) is 22.1 Å². The summed E-state index contributed by atoms with van der Waals surface area (Å²) in [6.07, 6.45) is 3.28. The molecule has 0 aliphatic carbocycles. The Kier molecular flexibility index (Phi) is 6.58. The third-order valence-corrected chi connectivity index (χ3v) is 2.23. The highest BCUT2D eigenvalue weighted by Crippen LogP contribution is 2.05. The molecule has 0 saturated carbocycles. The second-order valence-corrected chi connectivity index (χ2v) is 4.10. The molecule has 19 heavy (non-hydrogen) atoms. The number of ether oxygens (including phenoxy) is 1. The molecule has 3 N–H and O–H groups in total. The van der Waals surface area contributed by atoms with Crippen LogP contribution in [0.3, 0.4) is 0 Å². The van der Waals surface area contributed by atoms with Crippen molar-refractivity contribution < 1.29 is 9.53 Å². The number of rotatable bonds is 5. The van der Waals surface area contributed by atoms with Gasteiger partial charge in [-0.25, -0.2) is 0 Å². The highest BCUT2D eigenvalue weighted by Gasteiger charge is 2.09. The molecule has 5 nitrogen and oxygen atoms in total. The van der Waals surface area contributed by atoms with Crippen molar-refractivity contribution >= 4 is 5.91 Å². The lowest BCUT2D eigenvalue weighted by atomic mass is 10.1. The van der Waals surface area contributed by atoms with E-state index in [4.69, 9.17) is 10.5 Å². The van der Waals surface area contributed by atoms with E-state index in [0.29, 0.717) is 24.3 Å². The van der Waals surface area contributed by atoms with Crippen molar-refractivity contribution in [2.45, 2.75) is 20.0 Å². The Balaban J connectivity index is 2.61. The van der Waals surface area contributed by atoms with Crippen LogP contribution in [-0.2, 0) is 4.74 Å². The van der Waals surface area contributed by atoms with Crippen molar-refractivity contribution in [3.8, 4) is 11.8 Å². The van der Waals surface area contributed by atoms with Gasteiger partial charge in [0.05, 0.1) is 30.4 Å². The van der Waals surface area contributed by atoms with Crippen molar-refractivity contribution in [1.82, 2.24) is 10.3 Å². The Labute approximate surface area is 113 Å². The van der Waals surface area contributed by atoms with Gasteiger partial charge in [-0.15, -0.1) is 0 Å². The fourth-order valence-electron chi connectivity index (χ4n) is 1.39. The molecule has 1 heterocycles. The van der Waals surface area contributed by atoms with Gasteiger partial charge in [-0.05, 0) is 19.9 Å². The van der Waals surface area contributed by atoms with Crippen molar-refractivity contribution in [2.24, 2.45) is 5.73 Å². The van der Waals surface area contributed by atoms with Crippen LogP contribution in [0.5, 0.6) is 0 Å². The zero-order valence-corrected chi connectivity index (χ0v) is 11.3. The summed E-state index contributed by atoms with van der Waals surface area (Å²) >= 11 is 0. The van der Waals surface area contributed by atoms with E-state index in [1.165, 1.54) is 0 Å². The molecular weight excluding hydrogens is 242 g/mol. The summed E-state index contributed by atoms with van der Waals surface area (Å²) in [7, 11) is 0. The molecule has 1 aromatic heterocycles. The Morgan fingerprint density at radius 1 is 1.58 bits per heavy atom. The summed E-state index contributed by atoms with van der Waals surface area (Å²) in [4.78, 5) is 15.9. The minimum atomic E-state index is -0.184. The molecule has 0 spiro atoms. The third-order valence-electron chi connectivity index (χ3n) is 2.23. The molecule has 0 fully saturated rings. The number of nitrogens with one attached hydrogen (secondary N) is 1. The lowest BCUT2D eigenvalue weighted by molar-refractivity contribution is 0.0746. The molecule has 102 valence electrons. The number of pyridine rings is 1. The fraction of sp³-hybridized carbons (Fsp3) is 0.429. The second kappa shape index (κ2) is 8.25. The summed E-state index contributed by atoms with van der Waals surface area (Å²) < 4.78 is 5.35. The largest absolute Gasteiger partial charge is 0.377 e. The van der Waals surface area contributed by atoms with E-state index in [9.17, 15) is 4.79 Å². The number of hydrogen-bond donors (Lipinski definition) is 2. The molecule has 0 bridgehead atoms. The van der Waals surface area contributed by atoms with Gasteiger partial charge in [0.15, 0.2) is 0 Å². The van der Waals surface area contributed by atoms with Crippen LogP contribution in [0.25, 0.3) is 0 Å². The molecule has 0 aliphatic heterocycles. The summed E-state index contributed by atoms with van der Waals surface area (Å²) in [5, 5.41) is 2.78. The standard InChI is InChI=1S/C14H19N3O2/c1-11(2)19-9-8-17-14(18)13-5-7-16-10-12(13)4-3-6-15/h5,7,10-11H,6,8-9,15H2,1-2H3,(H,17,18). The number of carbonyl (C=O) groups is 1. The van der Waals surface area contributed by atoms with Crippen LogP contribution in [0, 0.1) is 11.8 Å². The van der Waals surface area contributed by atoms with Crippen molar-refractivity contribution in [3.05, 3.63) is 29.6 Å². The van der Waals surface area contributed by atoms with Gasteiger partial charge in [0.2, 0.25) is 0 Å².